The molecular weight excluding hydrogens is 256 g/mol. The number of aryl methyl sites for hydroxylation is 1. The number of piperidine rings is 1. The third kappa shape index (κ3) is 2.33. The molecule has 0 aliphatic carbocycles. The van der Waals surface area contributed by atoms with Gasteiger partial charge in [0.05, 0.1) is 6.20 Å². The van der Waals surface area contributed by atoms with E-state index in [4.69, 9.17) is 0 Å². The second-order valence-corrected chi connectivity index (χ2v) is 5.13. The third-order valence-electron chi connectivity index (χ3n) is 2.98. The van der Waals surface area contributed by atoms with Crippen molar-refractivity contribution < 1.29 is 0 Å². The molecule has 1 fully saturated rings. The topological polar surface area (TPSA) is 34.0 Å². The molecular formula is C10H17BrN4. The fraction of sp³-hybridized carbons (Fsp3) is 0.800. The molecule has 1 saturated heterocycles. The number of anilines is 1. The minimum Gasteiger partial charge on any atom is -0.355 e. The Morgan fingerprint density at radius 1 is 1.53 bits per heavy atom. The SMILES string of the molecule is CC1CC(CBr)CN(c2cnnn2C)C1. The molecule has 2 unspecified atom stereocenters. The van der Waals surface area contributed by atoms with Crippen molar-refractivity contribution >= 4 is 21.7 Å². The van der Waals surface area contributed by atoms with Crippen LogP contribution in [0.25, 0.3) is 0 Å². The van der Waals surface area contributed by atoms with E-state index in [1.807, 2.05) is 17.9 Å². The van der Waals surface area contributed by atoms with Gasteiger partial charge >= 0.3 is 0 Å². The van der Waals surface area contributed by atoms with Crippen LogP contribution in [0.3, 0.4) is 0 Å². The molecule has 2 atom stereocenters. The minimum atomic E-state index is 0.739. The number of hydrogen-bond donors (Lipinski definition) is 0. The van der Waals surface area contributed by atoms with Crippen LogP contribution in [0.5, 0.6) is 0 Å². The normalized spacial score (nSPS) is 27.0. The summed E-state index contributed by atoms with van der Waals surface area (Å²) in [5, 5.41) is 9.00. The molecule has 0 aromatic carbocycles. The Bertz CT molecular complexity index is 325. The van der Waals surface area contributed by atoms with Crippen LogP contribution in [-0.2, 0) is 7.05 Å². The summed E-state index contributed by atoms with van der Waals surface area (Å²) in [5.74, 6) is 2.62. The van der Waals surface area contributed by atoms with Gasteiger partial charge in [-0.3, -0.25) is 0 Å². The van der Waals surface area contributed by atoms with Gasteiger partial charge in [-0.05, 0) is 18.3 Å². The van der Waals surface area contributed by atoms with Gasteiger partial charge in [-0.2, -0.15) is 0 Å². The molecule has 1 aliphatic heterocycles. The van der Waals surface area contributed by atoms with Gasteiger partial charge in [0.2, 0.25) is 0 Å². The minimum absolute atomic E-state index is 0.739. The summed E-state index contributed by atoms with van der Waals surface area (Å²) < 4.78 is 1.85. The smallest absolute Gasteiger partial charge is 0.147 e. The molecule has 5 heteroatoms. The molecule has 0 N–H and O–H groups in total. The summed E-state index contributed by atoms with van der Waals surface area (Å²) in [6, 6.07) is 0. The molecule has 1 aliphatic rings. The maximum atomic E-state index is 3.98. The van der Waals surface area contributed by atoms with Crippen LogP contribution in [-0.4, -0.2) is 33.4 Å². The third-order valence-corrected chi connectivity index (χ3v) is 3.89. The van der Waals surface area contributed by atoms with Crippen LogP contribution in [0, 0.1) is 11.8 Å². The van der Waals surface area contributed by atoms with E-state index in [1.165, 1.54) is 6.42 Å². The first-order valence-corrected chi connectivity index (χ1v) is 6.48. The van der Waals surface area contributed by atoms with Gasteiger partial charge in [0.1, 0.15) is 5.82 Å². The van der Waals surface area contributed by atoms with Crippen LogP contribution in [0.4, 0.5) is 5.82 Å². The predicted octanol–water partition coefficient (Wildman–Crippen LogP) is 1.67. The highest BCUT2D eigenvalue weighted by atomic mass is 79.9. The average Bonchev–Trinajstić information content (AvgIpc) is 2.63. The second-order valence-electron chi connectivity index (χ2n) is 4.48. The molecule has 2 rings (SSSR count). The van der Waals surface area contributed by atoms with E-state index >= 15 is 0 Å². The lowest BCUT2D eigenvalue weighted by Gasteiger charge is -2.36. The summed E-state index contributed by atoms with van der Waals surface area (Å²) in [6.07, 6.45) is 3.16. The van der Waals surface area contributed by atoms with Crippen LogP contribution in [0.15, 0.2) is 6.20 Å². The van der Waals surface area contributed by atoms with Crippen LogP contribution < -0.4 is 4.90 Å². The standard InChI is InChI=1S/C10H17BrN4/c1-8-3-9(4-11)7-15(6-8)10-5-12-13-14(10)2/h5,8-9H,3-4,6-7H2,1-2H3. The molecule has 4 nitrogen and oxygen atoms in total. The predicted molar refractivity (Wildman–Crippen MR) is 64.3 cm³/mol. The maximum absolute atomic E-state index is 3.98. The summed E-state index contributed by atoms with van der Waals surface area (Å²) in [6.45, 7) is 4.53. The highest BCUT2D eigenvalue weighted by molar-refractivity contribution is 9.09. The lowest BCUT2D eigenvalue weighted by molar-refractivity contribution is 0.358. The number of alkyl halides is 1. The molecule has 2 heterocycles. The summed E-state index contributed by atoms with van der Waals surface area (Å²) in [4.78, 5) is 2.39. The highest BCUT2D eigenvalue weighted by Gasteiger charge is 2.25. The highest BCUT2D eigenvalue weighted by Crippen LogP contribution is 2.26. The van der Waals surface area contributed by atoms with Crippen molar-refractivity contribution in [1.82, 2.24) is 15.0 Å². The summed E-state index contributed by atoms with van der Waals surface area (Å²) >= 11 is 3.58. The van der Waals surface area contributed by atoms with E-state index in [1.54, 1.807) is 0 Å². The van der Waals surface area contributed by atoms with Gasteiger partial charge in [0, 0.05) is 25.5 Å². The second kappa shape index (κ2) is 4.51. The van der Waals surface area contributed by atoms with Crippen LogP contribution in [0.2, 0.25) is 0 Å². The molecule has 84 valence electrons. The maximum Gasteiger partial charge on any atom is 0.147 e. The quantitative estimate of drug-likeness (QED) is 0.769. The first-order valence-electron chi connectivity index (χ1n) is 5.36. The van der Waals surface area contributed by atoms with Crippen molar-refractivity contribution in [1.29, 1.82) is 0 Å². The molecule has 0 amide bonds. The van der Waals surface area contributed by atoms with Crippen molar-refractivity contribution in [3.05, 3.63) is 6.20 Å². The van der Waals surface area contributed by atoms with E-state index in [0.717, 1.165) is 36.1 Å². The van der Waals surface area contributed by atoms with E-state index in [0.29, 0.717) is 0 Å². The largest absolute Gasteiger partial charge is 0.355 e. The van der Waals surface area contributed by atoms with Gasteiger partial charge in [0.25, 0.3) is 0 Å². The number of aromatic nitrogens is 3. The number of halogens is 1. The van der Waals surface area contributed by atoms with Crippen molar-refractivity contribution in [2.24, 2.45) is 18.9 Å². The van der Waals surface area contributed by atoms with Gasteiger partial charge < -0.3 is 4.90 Å². The Balaban J connectivity index is 2.12. The monoisotopic (exact) mass is 272 g/mol. The summed E-state index contributed by atoms with van der Waals surface area (Å²) in [5.41, 5.74) is 0. The molecule has 0 spiro atoms. The van der Waals surface area contributed by atoms with Gasteiger partial charge in [-0.15, -0.1) is 5.10 Å². The number of rotatable bonds is 2. The molecule has 0 saturated carbocycles. The van der Waals surface area contributed by atoms with Crippen molar-refractivity contribution in [3.63, 3.8) is 0 Å². The van der Waals surface area contributed by atoms with E-state index in [2.05, 4.69) is 38.1 Å². The van der Waals surface area contributed by atoms with E-state index in [-0.39, 0.29) is 0 Å². The fourth-order valence-corrected chi connectivity index (χ4v) is 2.82. The Labute approximate surface area is 98.8 Å². The zero-order chi connectivity index (χ0) is 10.8. The van der Waals surface area contributed by atoms with Crippen LogP contribution >= 0.6 is 15.9 Å². The van der Waals surface area contributed by atoms with Gasteiger partial charge in [-0.1, -0.05) is 28.1 Å². The molecule has 0 bridgehead atoms. The Morgan fingerprint density at radius 2 is 2.33 bits per heavy atom. The molecule has 1 aromatic rings. The molecule has 0 radical (unpaired) electrons. The lowest BCUT2D eigenvalue weighted by Crippen LogP contribution is -2.41. The first-order chi connectivity index (χ1) is 7.20. The average molecular weight is 273 g/mol. The van der Waals surface area contributed by atoms with Gasteiger partial charge in [-0.25, -0.2) is 4.68 Å². The molecule has 15 heavy (non-hydrogen) atoms. The van der Waals surface area contributed by atoms with Crippen molar-refractivity contribution in [2.45, 2.75) is 13.3 Å². The van der Waals surface area contributed by atoms with E-state index in [9.17, 15) is 0 Å². The Kier molecular flexibility index (Phi) is 3.29. The molecule has 1 aromatic heterocycles. The Hall–Kier alpha value is -0.580. The zero-order valence-electron chi connectivity index (χ0n) is 9.23. The van der Waals surface area contributed by atoms with Crippen LogP contribution in [0.1, 0.15) is 13.3 Å². The Morgan fingerprint density at radius 3 is 2.93 bits per heavy atom. The fourth-order valence-electron chi connectivity index (χ4n) is 2.35. The van der Waals surface area contributed by atoms with Crippen molar-refractivity contribution in [2.75, 3.05) is 23.3 Å². The number of hydrogen-bond acceptors (Lipinski definition) is 3. The summed E-state index contributed by atoms with van der Waals surface area (Å²) in [7, 11) is 1.95. The van der Waals surface area contributed by atoms with E-state index < -0.39 is 0 Å². The van der Waals surface area contributed by atoms with Gasteiger partial charge in [0.15, 0.2) is 0 Å². The number of nitrogens with zero attached hydrogens (tertiary/aromatic N) is 4. The lowest BCUT2D eigenvalue weighted by atomic mass is 9.92. The first kappa shape index (κ1) is 10.9. The zero-order valence-corrected chi connectivity index (χ0v) is 10.8. The van der Waals surface area contributed by atoms with Crippen molar-refractivity contribution in [3.8, 4) is 0 Å².